The van der Waals surface area contributed by atoms with E-state index in [1.54, 1.807) is 12.3 Å². The zero-order valence-corrected chi connectivity index (χ0v) is 15.9. The molecule has 3 nitrogen and oxygen atoms in total. The molecule has 0 saturated carbocycles. The summed E-state index contributed by atoms with van der Waals surface area (Å²) in [5, 5.41) is 4.50. The van der Waals surface area contributed by atoms with Crippen molar-refractivity contribution < 1.29 is 4.79 Å². The van der Waals surface area contributed by atoms with E-state index in [4.69, 9.17) is 23.2 Å². The Morgan fingerprint density at radius 3 is 2.48 bits per heavy atom. The van der Waals surface area contributed by atoms with Crippen LogP contribution in [-0.4, -0.2) is 10.9 Å². The molecule has 0 aliphatic heterocycles. The first kappa shape index (κ1) is 17.9. The average molecular weight is 391 g/mol. The Balaban J connectivity index is 1.66. The molecule has 0 unspecified atom stereocenters. The van der Waals surface area contributed by atoms with Crippen molar-refractivity contribution in [3.63, 3.8) is 0 Å². The maximum absolute atomic E-state index is 12.3. The number of carbonyl (C=O) groups excluding carboxylic acids is 1. The number of nitrogens with one attached hydrogen (secondary N) is 1. The summed E-state index contributed by atoms with van der Waals surface area (Å²) in [5.74, 6) is -0.155. The van der Waals surface area contributed by atoms with Crippen molar-refractivity contribution in [2.45, 2.75) is 19.8 Å². The third-order valence-electron chi connectivity index (χ3n) is 3.76. The van der Waals surface area contributed by atoms with Gasteiger partial charge < -0.3 is 0 Å². The van der Waals surface area contributed by atoms with Crippen LogP contribution in [0.3, 0.4) is 0 Å². The fraction of sp³-hybridized carbons (Fsp3) is 0.158. The molecule has 128 valence electrons. The number of amides is 1. The van der Waals surface area contributed by atoms with Crippen molar-refractivity contribution >= 4 is 45.6 Å². The Kier molecular flexibility index (Phi) is 5.74. The predicted octanol–water partition coefficient (Wildman–Crippen LogP) is 5.86. The van der Waals surface area contributed by atoms with Gasteiger partial charge in [0.05, 0.1) is 10.0 Å². The van der Waals surface area contributed by atoms with Gasteiger partial charge in [-0.3, -0.25) is 10.1 Å². The zero-order valence-electron chi connectivity index (χ0n) is 13.6. The Hall–Kier alpha value is -1.88. The summed E-state index contributed by atoms with van der Waals surface area (Å²) >= 11 is 13.4. The number of halogens is 2. The van der Waals surface area contributed by atoms with E-state index in [0.29, 0.717) is 27.2 Å². The summed E-state index contributed by atoms with van der Waals surface area (Å²) in [7, 11) is 0. The first-order valence-corrected chi connectivity index (χ1v) is 9.41. The number of hydrogen-bond acceptors (Lipinski definition) is 3. The van der Waals surface area contributed by atoms with Crippen molar-refractivity contribution in [2.75, 3.05) is 5.32 Å². The van der Waals surface area contributed by atoms with Crippen molar-refractivity contribution in [2.24, 2.45) is 0 Å². The van der Waals surface area contributed by atoms with Crippen LogP contribution in [0.2, 0.25) is 10.0 Å². The second-order valence-corrected chi connectivity index (χ2v) is 7.49. The molecule has 1 N–H and O–H groups in total. The number of carbonyl (C=O) groups is 1. The standard InChI is InChI=1S/C19H16Cl2N2OS/c1-2-12-3-6-14(7-4-12)18(24)23-19-22-11-15(25-19)9-13-5-8-16(20)17(21)10-13/h3-8,10-11H,2,9H2,1H3,(H,22,23,24). The van der Waals surface area contributed by atoms with Gasteiger partial charge >= 0.3 is 0 Å². The number of aromatic nitrogens is 1. The lowest BCUT2D eigenvalue weighted by atomic mass is 10.1. The molecule has 0 atom stereocenters. The third-order valence-corrected chi connectivity index (χ3v) is 5.41. The molecule has 0 radical (unpaired) electrons. The highest BCUT2D eigenvalue weighted by atomic mass is 35.5. The number of thiazole rings is 1. The average Bonchev–Trinajstić information content (AvgIpc) is 3.05. The van der Waals surface area contributed by atoms with E-state index in [-0.39, 0.29) is 5.91 Å². The van der Waals surface area contributed by atoms with Gasteiger partial charge in [-0.25, -0.2) is 4.98 Å². The molecule has 0 aliphatic carbocycles. The minimum Gasteiger partial charge on any atom is -0.298 e. The van der Waals surface area contributed by atoms with Gasteiger partial charge in [0.25, 0.3) is 5.91 Å². The van der Waals surface area contributed by atoms with Crippen LogP contribution in [0.1, 0.15) is 33.3 Å². The van der Waals surface area contributed by atoms with Gasteiger partial charge in [-0.2, -0.15) is 0 Å². The van der Waals surface area contributed by atoms with Crippen LogP contribution in [-0.2, 0) is 12.8 Å². The third kappa shape index (κ3) is 4.60. The minimum absolute atomic E-state index is 0.155. The molecule has 0 fully saturated rings. The molecule has 1 heterocycles. The number of benzene rings is 2. The van der Waals surface area contributed by atoms with E-state index in [2.05, 4.69) is 17.2 Å². The van der Waals surface area contributed by atoms with Gasteiger partial charge in [-0.05, 0) is 41.8 Å². The predicted molar refractivity (Wildman–Crippen MR) is 105 cm³/mol. The second-order valence-electron chi connectivity index (χ2n) is 5.56. The van der Waals surface area contributed by atoms with Gasteiger partial charge in [-0.15, -0.1) is 11.3 Å². The summed E-state index contributed by atoms with van der Waals surface area (Å²) in [6.45, 7) is 2.08. The van der Waals surface area contributed by atoms with E-state index >= 15 is 0 Å². The van der Waals surface area contributed by atoms with Crippen LogP contribution < -0.4 is 5.32 Å². The molecule has 1 amide bonds. The number of anilines is 1. The van der Waals surface area contributed by atoms with Gasteiger partial charge in [0.2, 0.25) is 0 Å². The van der Waals surface area contributed by atoms with Crippen molar-refractivity contribution in [1.29, 1.82) is 0 Å². The zero-order chi connectivity index (χ0) is 17.8. The molecule has 0 saturated heterocycles. The summed E-state index contributed by atoms with van der Waals surface area (Å²) in [6, 6.07) is 13.2. The Morgan fingerprint density at radius 1 is 1.08 bits per heavy atom. The number of aryl methyl sites for hydroxylation is 1. The number of rotatable bonds is 5. The van der Waals surface area contributed by atoms with Crippen LogP contribution >= 0.6 is 34.5 Å². The first-order valence-electron chi connectivity index (χ1n) is 7.84. The normalized spacial score (nSPS) is 10.7. The van der Waals surface area contributed by atoms with E-state index in [0.717, 1.165) is 16.9 Å². The van der Waals surface area contributed by atoms with Crippen LogP contribution in [0.5, 0.6) is 0 Å². The molecule has 0 bridgehead atoms. The lowest BCUT2D eigenvalue weighted by molar-refractivity contribution is 0.102. The van der Waals surface area contributed by atoms with E-state index < -0.39 is 0 Å². The lowest BCUT2D eigenvalue weighted by Gasteiger charge is -2.03. The van der Waals surface area contributed by atoms with Gasteiger partial charge in [0.1, 0.15) is 0 Å². The highest BCUT2D eigenvalue weighted by Crippen LogP contribution is 2.26. The number of hydrogen-bond donors (Lipinski definition) is 1. The van der Waals surface area contributed by atoms with Gasteiger partial charge in [0.15, 0.2) is 5.13 Å². The van der Waals surface area contributed by atoms with Crippen LogP contribution in [0.25, 0.3) is 0 Å². The summed E-state index contributed by atoms with van der Waals surface area (Å²) in [5.41, 5.74) is 2.87. The van der Waals surface area contributed by atoms with Gasteiger partial charge in [-0.1, -0.05) is 48.3 Å². The van der Waals surface area contributed by atoms with Gasteiger partial charge in [0, 0.05) is 23.1 Å². The smallest absolute Gasteiger partial charge is 0.257 e. The van der Waals surface area contributed by atoms with Crippen LogP contribution in [0.15, 0.2) is 48.7 Å². The largest absolute Gasteiger partial charge is 0.298 e. The highest BCUT2D eigenvalue weighted by Gasteiger charge is 2.10. The molecule has 0 aliphatic rings. The first-order chi connectivity index (χ1) is 12.0. The summed E-state index contributed by atoms with van der Waals surface area (Å²) in [6.07, 6.45) is 3.41. The fourth-order valence-corrected chi connectivity index (χ4v) is 3.52. The molecule has 3 rings (SSSR count). The molecule has 3 aromatic rings. The quantitative estimate of drug-likeness (QED) is 0.592. The molecular formula is C19H16Cl2N2OS. The topological polar surface area (TPSA) is 42.0 Å². The lowest BCUT2D eigenvalue weighted by Crippen LogP contribution is -2.11. The fourth-order valence-electron chi connectivity index (χ4n) is 2.36. The summed E-state index contributed by atoms with van der Waals surface area (Å²) in [4.78, 5) is 17.6. The SMILES string of the molecule is CCc1ccc(C(=O)Nc2ncc(Cc3ccc(Cl)c(Cl)c3)s2)cc1. The molecule has 0 spiro atoms. The molecule has 1 aromatic heterocycles. The molecular weight excluding hydrogens is 375 g/mol. The molecule has 25 heavy (non-hydrogen) atoms. The molecule has 6 heteroatoms. The Bertz CT molecular complexity index is 891. The minimum atomic E-state index is -0.155. The van der Waals surface area contributed by atoms with Crippen molar-refractivity contribution in [1.82, 2.24) is 4.98 Å². The van der Waals surface area contributed by atoms with Crippen LogP contribution in [0.4, 0.5) is 5.13 Å². The van der Waals surface area contributed by atoms with E-state index in [9.17, 15) is 4.79 Å². The molecule has 2 aromatic carbocycles. The Labute approximate surface area is 160 Å². The maximum atomic E-state index is 12.3. The highest BCUT2D eigenvalue weighted by molar-refractivity contribution is 7.15. The monoisotopic (exact) mass is 390 g/mol. The van der Waals surface area contributed by atoms with Crippen LogP contribution in [0, 0.1) is 0 Å². The number of nitrogens with zero attached hydrogens (tertiary/aromatic N) is 1. The van der Waals surface area contributed by atoms with Crippen molar-refractivity contribution in [3.8, 4) is 0 Å². The van der Waals surface area contributed by atoms with Crippen molar-refractivity contribution in [3.05, 3.63) is 80.3 Å². The van der Waals surface area contributed by atoms with E-state index in [1.807, 2.05) is 36.4 Å². The second kappa shape index (κ2) is 8.00. The Morgan fingerprint density at radius 2 is 1.80 bits per heavy atom. The summed E-state index contributed by atoms with van der Waals surface area (Å²) < 4.78 is 0. The maximum Gasteiger partial charge on any atom is 0.257 e. The van der Waals surface area contributed by atoms with E-state index in [1.165, 1.54) is 16.9 Å².